The van der Waals surface area contributed by atoms with E-state index in [0.717, 1.165) is 17.9 Å². The third-order valence-corrected chi connectivity index (χ3v) is 3.55. The minimum absolute atomic E-state index is 0. The smallest absolute Gasteiger partial charge is 0.246 e. The molecule has 0 saturated carbocycles. The predicted molar refractivity (Wildman–Crippen MR) is 111 cm³/mol. The molecule has 0 spiro atoms. The Labute approximate surface area is 173 Å². The lowest BCUT2D eigenvalue weighted by Gasteiger charge is -2.08. The zero-order valence-electron chi connectivity index (χ0n) is 14.1. The quantitative estimate of drug-likeness (QED) is 0.312. The van der Waals surface area contributed by atoms with Gasteiger partial charge in [-0.2, -0.15) is 4.98 Å². The van der Waals surface area contributed by atoms with Crippen molar-refractivity contribution in [3.05, 3.63) is 59.3 Å². The van der Waals surface area contributed by atoms with Crippen LogP contribution in [0.3, 0.4) is 0 Å². The van der Waals surface area contributed by atoms with Crippen LogP contribution in [0.15, 0.2) is 56.6 Å². The Morgan fingerprint density at radius 2 is 2.00 bits per heavy atom. The van der Waals surface area contributed by atoms with Crippen LogP contribution >= 0.6 is 35.6 Å². The van der Waals surface area contributed by atoms with Gasteiger partial charge >= 0.3 is 0 Å². The summed E-state index contributed by atoms with van der Waals surface area (Å²) in [6.45, 7) is 3.55. The fourth-order valence-electron chi connectivity index (χ4n) is 2.10. The average Bonchev–Trinajstić information content (AvgIpc) is 3.30. The summed E-state index contributed by atoms with van der Waals surface area (Å²) in [5.41, 5.74) is 0.845. The third-order valence-electron chi connectivity index (χ3n) is 3.29. The van der Waals surface area contributed by atoms with Crippen LogP contribution in [-0.4, -0.2) is 22.6 Å². The molecule has 0 aliphatic heterocycles. The normalized spacial score (nSPS) is 11.1. The van der Waals surface area contributed by atoms with Gasteiger partial charge in [-0.15, -0.1) is 24.0 Å². The van der Waals surface area contributed by atoms with Crippen molar-refractivity contribution in [1.82, 2.24) is 20.8 Å². The molecule has 0 aliphatic carbocycles. The van der Waals surface area contributed by atoms with Crippen molar-refractivity contribution >= 4 is 41.5 Å². The summed E-state index contributed by atoms with van der Waals surface area (Å²) < 4.78 is 10.5. The summed E-state index contributed by atoms with van der Waals surface area (Å²) in [4.78, 5) is 8.81. The molecule has 0 radical (unpaired) electrons. The molecule has 0 fully saturated rings. The minimum atomic E-state index is 0. The highest BCUT2D eigenvalue weighted by Gasteiger charge is 2.09. The highest BCUT2D eigenvalue weighted by molar-refractivity contribution is 14.0. The van der Waals surface area contributed by atoms with Crippen LogP contribution < -0.4 is 10.6 Å². The standard InChI is InChI=1S/C17H18ClN5O2.HI/c1-2-19-17(20-10-14-4-3-9-24-14)21-11-15-22-16(23-25-15)12-5-7-13(18)8-6-12;/h3-9H,2,10-11H2,1H3,(H2,19,20,21);1H. The number of aliphatic imine (C=N–C) groups is 1. The number of nitrogens with zero attached hydrogens (tertiary/aromatic N) is 3. The van der Waals surface area contributed by atoms with Crippen LogP contribution in [-0.2, 0) is 13.1 Å². The molecule has 2 heterocycles. The molecule has 0 aliphatic rings. The second-order valence-corrected chi connectivity index (χ2v) is 5.58. The summed E-state index contributed by atoms with van der Waals surface area (Å²) >= 11 is 5.88. The fraction of sp³-hybridized carbons (Fsp3) is 0.235. The Kier molecular flexibility index (Phi) is 7.92. The van der Waals surface area contributed by atoms with E-state index in [0.29, 0.717) is 35.8 Å². The lowest BCUT2D eigenvalue weighted by atomic mass is 10.2. The van der Waals surface area contributed by atoms with E-state index in [-0.39, 0.29) is 24.0 Å². The molecule has 0 bridgehead atoms. The maximum absolute atomic E-state index is 5.88. The SMILES string of the molecule is CCNC(=NCc1ccco1)NCc1nc(-c2ccc(Cl)cc2)no1.I. The third kappa shape index (κ3) is 5.73. The van der Waals surface area contributed by atoms with Crippen molar-refractivity contribution in [3.8, 4) is 11.4 Å². The van der Waals surface area contributed by atoms with Gasteiger partial charge < -0.3 is 19.6 Å². The Balaban J connectivity index is 0.00000243. The van der Waals surface area contributed by atoms with E-state index in [2.05, 4.69) is 25.8 Å². The number of rotatable bonds is 6. The molecule has 0 amide bonds. The molecule has 0 saturated heterocycles. The molecule has 3 rings (SSSR count). The lowest BCUT2D eigenvalue weighted by Crippen LogP contribution is -2.36. The lowest BCUT2D eigenvalue weighted by molar-refractivity contribution is 0.375. The minimum Gasteiger partial charge on any atom is -0.467 e. The predicted octanol–water partition coefficient (Wildman–Crippen LogP) is 3.86. The molecule has 2 aromatic heterocycles. The zero-order valence-corrected chi connectivity index (χ0v) is 17.2. The number of benzene rings is 1. The zero-order chi connectivity index (χ0) is 17.5. The number of halogens is 2. The number of nitrogens with one attached hydrogen (secondary N) is 2. The van der Waals surface area contributed by atoms with Crippen LogP contribution in [0.1, 0.15) is 18.6 Å². The van der Waals surface area contributed by atoms with E-state index in [9.17, 15) is 0 Å². The number of guanidine groups is 1. The molecular formula is C17H19ClIN5O2. The second kappa shape index (κ2) is 10.2. The van der Waals surface area contributed by atoms with Gasteiger partial charge in [0.2, 0.25) is 11.7 Å². The molecule has 26 heavy (non-hydrogen) atoms. The van der Waals surface area contributed by atoms with Gasteiger partial charge in [0.25, 0.3) is 0 Å². The Bertz CT molecular complexity index is 818. The number of hydrogen-bond acceptors (Lipinski definition) is 5. The molecule has 9 heteroatoms. The van der Waals surface area contributed by atoms with Gasteiger partial charge in [-0.3, -0.25) is 0 Å². The summed E-state index contributed by atoms with van der Waals surface area (Å²) in [5.74, 6) is 2.42. The Morgan fingerprint density at radius 1 is 1.19 bits per heavy atom. The van der Waals surface area contributed by atoms with Crippen molar-refractivity contribution < 1.29 is 8.94 Å². The van der Waals surface area contributed by atoms with Crippen LogP contribution in [0.4, 0.5) is 0 Å². The van der Waals surface area contributed by atoms with Crippen LogP contribution in [0.25, 0.3) is 11.4 Å². The highest BCUT2D eigenvalue weighted by atomic mass is 127. The number of furan rings is 1. The highest BCUT2D eigenvalue weighted by Crippen LogP contribution is 2.18. The molecule has 0 unspecified atom stereocenters. The van der Waals surface area contributed by atoms with Crippen LogP contribution in [0.5, 0.6) is 0 Å². The van der Waals surface area contributed by atoms with Crippen LogP contribution in [0, 0.1) is 0 Å². The molecule has 138 valence electrons. The Morgan fingerprint density at radius 3 is 2.69 bits per heavy atom. The Hall–Kier alpha value is -2.07. The van der Waals surface area contributed by atoms with Gasteiger partial charge in [0.1, 0.15) is 12.3 Å². The first kappa shape index (κ1) is 20.2. The second-order valence-electron chi connectivity index (χ2n) is 5.15. The van der Waals surface area contributed by atoms with E-state index >= 15 is 0 Å². The van der Waals surface area contributed by atoms with Crippen molar-refractivity contribution in [3.63, 3.8) is 0 Å². The largest absolute Gasteiger partial charge is 0.467 e. The first-order valence-electron chi connectivity index (χ1n) is 7.87. The molecule has 1 aromatic carbocycles. The number of aromatic nitrogens is 2. The average molecular weight is 488 g/mol. The van der Waals surface area contributed by atoms with Gasteiger partial charge in [0.15, 0.2) is 5.96 Å². The topological polar surface area (TPSA) is 88.5 Å². The molecule has 7 nitrogen and oxygen atoms in total. The molecular weight excluding hydrogens is 469 g/mol. The maximum atomic E-state index is 5.88. The van der Waals surface area contributed by atoms with Gasteiger partial charge in [0.05, 0.1) is 12.8 Å². The summed E-state index contributed by atoms with van der Waals surface area (Å²) in [6, 6.07) is 11.0. The summed E-state index contributed by atoms with van der Waals surface area (Å²) in [7, 11) is 0. The van der Waals surface area contributed by atoms with Crippen molar-refractivity contribution in [2.45, 2.75) is 20.0 Å². The number of hydrogen-bond donors (Lipinski definition) is 2. The first-order chi connectivity index (χ1) is 12.2. The monoisotopic (exact) mass is 487 g/mol. The van der Waals surface area contributed by atoms with E-state index in [1.807, 2.05) is 31.2 Å². The van der Waals surface area contributed by atoms with Gasteiger partial charge in [-0.1, -0.05) is 16.8 Å². The molecule has 2 N–H and O–H groups in total. The van der Waals surface area contributed by atoms with E-state index in [4.69, 9.17) is 20.5 Å². The first-order valence-corrected chi connectivity index (χ1v) is 8.25. The van der Waals surface area contributed by atoms with Gasteiger partial charge in [0, 0.05) is 17.1 Å². The van der Waals surface area contributed by atoms with Crippen LogP contribution in [0.2, 0.25) is 5.02 Å². The maximum Gasteiger partial charge on any atom is 0.246 e. The van der Waals surface area contributed by atoms with Gasteiger partial charge in [-0.25, -0.2) is 4.99 Å². The van der Waals surface area contributed by atoms with Crippen molar-refractivity contribution in [2.24, 2.45) is 4.99 Å². The van der Waals surface area contributed by atoms with E-state index < -0.39 is 0 Å². The summed E-state index contributed by atoms with van der Waals surface area (Å²) in [5, 5.41) is 11.0. The summed E-state index contributed by atoms with van der Waals surface area (Å²) in [6.07, 6.45) is 1.63. The van der Waals surface area contributed by atoms with Crippen molar-refractivity contribution in [1.29, 1.82) is 0 Å². The molecule has 3 aromatic rings. The molecule has 0 atom stereocenters. The van der Waals surface area contributed by atoms with E-state index in [1.54, 1.807) is 18.4 Å². The van der Waals surface area contributed by atoms with Crippen molar-refractivity contribution in [2.75, 3.05) is 6.54 Å². The fourth-order valence-corrected chi connectivity index (χ4v) is 2.23. The van der Waals surface area contributed by atoms with Gasteiger partial charge in [-0.05, 0) is 43.3 Å². The van der Waals surface area contributed by atoms with E-state index in [1.165, 1.54) is 0 Å².